The molecule has 0 radical (unpaired) electrons. The molecule has 0 spiro atoms. The molecule has 1 atom stereocenters. The summed E-state index contributed by atoms with van der Waals surface area (Å²) in [5.41, 5.74) is 5.66. The molecule has 1 amide bonds. The molecule has 2 fully saturated rings. The van der Waals surface area contributed by atoms with Crippen LogP contribution in [0, 0.1) is 11.8 Å². The number of carbonyl (C=O) groups is 1. The van der Waals surface area contributed by atoms with Gasteiger partial charge < -0.3 is 16.0 Å². The summed E-state index contributed by atoms with van der Waals surface area (Å²) < 4.78 is 0. The van der Waals surface area contributed by atoms with Gasteiger partial charge in [0.15, 0.2) is 0 Å². The first-order chi connectivity index (χ1) is 10.6. The third-order valence-corrected chi connectivity index (χ3v) is 5.05. The number of anilines is 1. The second-order valence-corrected chi connectivity index (χ2v) is 6.71. The van der Waals surface area contributed by atoms with Crippen molar-refractivity contribution in [2.45, 2.75) is 38.1 Å². The van der Waals surface area contributed by atoms with Gasteiger partial charge in [0.05, 0.1) is 11.7 Å². The minimum Gasteiger partial charge on any atom is -0.355 e. The average molecular weight is 303 g/mol. The summed E-state index contributed by atoms with van der Waals surface area (Å²) in [5.74, 6) is 1.70. The van der Waals surface area contributed by atoms with Crippen LogP contribution < -0.4 is 16.0 Å². The Morgan fingerprint density at radius 1 is 1.36 bits per heavy atom. The molecule has 22 heavy (non-hydrogen) atoms. The van der Waals surface area contributed by atoms with Crippen molar-refractivity contribution in [3.05, 3.63) is 18.6 Å². The molecule has 120 valence electrons. The molecule has 1 aromatic heterocycles. The van der Waals surface area contributed by atoms with Crippen molar-refractivity contribution in [2.75, 3.05) is 24.5 Å². The lowest BCUT2D eigenvalue weighted by Gasteiger charge is -2.35. The van der Waals surface area contributed by atoms with Crippen LogP contribution in [0.5, 0.6) is 0 Å². The molecule has 6 nitrogen and oxygen atoms in total. The largest absolute Gasteiger partial charge is 0.355 e. The molecule has 0 bridgehead atoms. The molecule has 1 aliphatic heterocycles. The van der Waals surface area contributed by atoms with Gasteiger partial charge in [-0.1, -0.05) is 0 Å². The van der Waals surface area contributed by atoms with E-state index in [9.17, 15) is 4.79 Å². The molecule has 3 N–H and O–H groups in total. The molecule has 2 heterocycles. The molecule has 1 aliphatic carbocycles. The summed E-state index contributed by atoms with van der Waals surface area (Å²) in [7, 11) is 0. The standard InChI is InChI=1S/C16H25N5O/c1-16(11-17,13-2-3-13)20-15(22)12-4-8-21(9-5-12)14-10-18-6-7-19-14/h6-7,10,12-13H,2-5,8-9,11,17H2,1H3,(H,20,22). The van der Waals surface area contributed by atoms with E-state index >= 15 is 0 Å². The van der Waals surface area contributed by atoms with Gasteiger partial charge in [0.2, 0.25) is 5.91 Å². The SMILES string of the molecule is CC(CN)(NC(=O)C1CCN(c2cnccn2)CC1)C1CC1. The second-order valence-electron chi connectivity index (χ2n) is 6.71. The zero-order valence-corrected chi connectivity index (χ0v) is 13.2. The van der Waals surface area contributed by atoms with Crippen molar-refractivity contribution in [3.8, 4) is 0 Å². The molecule has 6 heteroatoms. The van der Waals surface area contributed by atoms with Gasteiger partial charge in [-0.2, -0.15) is 0 Å². The number of hydrogen-bond acceptors (Lipinski definition) is 5. The molecular weight excluding hydrogens is 278 g/mol. The number of aromatic nitrogens is 2. The Balaban J connectivity index is 1.54. The minimum atomic E-state index is -0.223. The highest BCUT2D eigenvalue weighted by Crippen LogP contribution is 2.39. The second kappa shape index (κ2) is 6.20. The van der Waals surface area contributed by atoms with Crippen LogP contribution >= 0.6 is 0 Å². The predicted molar refractivity (Wildman–Crippen MR) is 85.3 cm³/mol. The van der Waals surface area contributed by atoms with Gasteiger partial charge in [-0.05, 0) is 38.5 Å². The summed E-state index contributed by atoms with van der Waals surface area (Å²) >= 11 is 0. The van der Waals surface area contributed by atoms with E-state index in [-0.39, 0.29) is 17.4 Å². The van der Waals surface area contributed by atoms with Gasteiger partial charge in [0.25, 0.3) is 0 Å². The summed E-state index contributed by atoms with van der Waals surface area (Å²) in [4.78, 5) is 23.2. The quantitative estimate of drug-likeness (QED) is 0.845. The smallest absolute Gasteiger partial charge is 0.223 e. The molecule has 0 aromatic carbocycles. The fraction of sp³-hybridized carbons (Fsp3) is 0.688. The van der Waals surface area contributed by atoms with Crippen molar-refractivity contribution in [1.29, 1.82) is 0 Å². The Morgan fingerprint density at radius 3 is 2.64 bits per heavy atom. The van der Waals surface area contributed by atoms with E-state index in [1.807, 2.05) is 0 Å². The van der Waals surface area contributed by atoms with Gasteiger partial charge >= 0.3 is 0 Å². The fourth-order valence-electron chi connectivity index (χ4n) is 3.25. The number of hydrogen-bond donors (Lipinski definition) is 2. The molecule has 1 saturated heterocycles. The Bertz CT molecular complexity index is 511. The van der Waals surface area contributed by atoms with Crippen molar-refractivity contribution < 1.29 is 4.79 Å². The Hall–Kier alpha value is -1.69. The average Bonchev–Trinajstić information content (AvgIpc) is 3.41. The maximum Gasteiger partial charge on any atom is 0.223 e. The monoisotopic (exact) mass is 303 g/mol. The molecule has 1 aromatic rings. The van der Waals surface area contributed by atoms with E-state index in [1.54, 1.807) is 18.6 Å². The normalized spacial score (nSPS) is 22.2. The third kappa shape index (κ3) is 3.21. The molecule has 3 rings (SSSR count). The van der Waals surface area contributed by atoms with E-state index in [2.05, 4.69) is 27.1 Å². The zero-order chi connectivity index (χ0) is 15.6. The van der Waals surface area contributed by atoms with Crippen LogP contribution in [0.4, 0.5) is 5.82 Å². The topological polar surface area (TPSA) is 84.1 Å². The molecule has 1 saturated carbocycles. The van der Waals surface area contributed by atoms with Crippen LogP contribution in [-0.4, -0.2) is 41.0 Å². The lowest BCUT2D eigenvalue weighted by atomic mass is 9.91. The van der Waals surface area contributed by atoms with E-state index in [0.29, 0.717) is 12.5 Å². The van der Waals surface area contributed by atoms with Gasteiger partial charge in [0, 0.05) is 37.9 Å². The molecule has 2 aliphatic rings. The maximum absolute atomic E-state index is 12.5. The highest BCUT2D eigenvalue weighted by Gasteiger charge is 2.42. The van der Waals surface area contributed by atoms with Crippen molar-refractivity contribution >= 4 is 11.7 Å². The number of nitrogens with one attached hydrogen (secondary N) is 1. The van der Waals surface area contributed by atoms with E-state index in [1.165, 1.54) is 12.8 Å². The number of piperidine rings is 1. The number of carbonyl (C=O) groups excluding carboxylic acids is 1. The van der Waals surface area contributed by atoms with Crippen LogP contribution in [0.25, 0.3) is 0 Å². The van der Waals surface area contributed by atoms with Crippen molar-refractivity contribution in [1.82, 2.24) is 15.3 Å². The Kier molecular flexibility index (Phi) is 4.29. The number of nitrogens with zero attached hydrogens (tertiary/aromatic N) is 3. The zero-order valence-electron chi connectivity index (χ0n) is 13.2. The lowest BCUT2D eigenvalue weighted by molar-refractivity contribution is -0.127. The maximum atomic E-state index is 12.5. The Labute approximate surface area is 131 Å². The van der Waals surface area contributed by atoms with Crippen LogP contribution in [0.3, 0.4) is 0 Å². The highest BCUT2D eigenvalue weighted by atomic mass is 16.2. The summed E-state index contributed by atoms with van der Waals surface area (Å²) in [6.45, 7) is 4.29. The highest BCUT2D eigenvalue weighted by molar-refractivity contribution is 5.80. The van der Waals surface area contributed by atoms with E-state index < -0.39 is 0 Å². The van der Waals surface area contributed by atoms with Crippen molar-refractivity contribution in [2.24, 2.45) is 17.6 Å². The predicted octanol–water partition coefficient (Wildman–Crippen LogP) is 0.937. The number of amides is 1. The first-order valence-electron chi connectivity index (χ1n) is 8.15. The van der Waals surface area contributed by atoms with Crippen LogP contribution in [0.15, 0.2) is 18.6 Å². The van der Waals surface area contributed by atoms with Gasteiger partial charge in [-0.3, -0.25) is 9.78 Å². The van der Waals surface area contributed by atoms with E-state index in [0.717, 1.165) is 31.7 Å². The lowest BCUT2D eigenvalue weighted by Crippen LogP contribution is -2.55. The van der Waals surface area contributed by atoms with Gasteiger partial charge in [-0.25, -0.2) is 4.98 Å². The molecular formula is C16H25N5O. The minimum absolute atomic E-state index is 0.0811. The van der Waals surface area contributed by atoms with Crippen molar-refractivity contribution in [3.63, 3.8) is 0 Å². The molecule has 1 unspecified atom stereocenters. The fourth-order valence-corrected chi connectivity index (χ4v) is 3.25. The van der Waals surface area contributed by atoms with Crippen LogP contribution in [-0.2, 0) is 4.79 Å². The number of nitrogens with two attached hydrogens (primary N) is 1. The van der Waals surface area contributed by atoms with Gasteiger partial charge in [-0.15, -0.1) is 0 Å². The van der Waals surface area contributed by atoms with Crippen LogP contribution in [0.2, 0.25) is 0 Å². The number of rotatable bonds is 5. The van der Waals surface area contributed by atoms with E-state index in [4.69, 9.17) is 5.73 Å². The first kappa shape index (κ1) is 15.2. The summed E-state index contributed by atoms with van der Waals surface area (Å²) in [5, 5.41) is 3.22. The van der Waals surface area contributed by atoms with Crippen LogP contribution in [0.1, 0.15) is 32.6 Å². The van der Waals surface area contributed by atoms with Gasteiger partial charge in [0.1, 0.15) is 5.82 Å². The Morgan fingerprint density at radius 2 is 2.09 bits per heavy atom. The summed E-state index contributed by atoms with van der Waals surface area (Å²) in [6.07, 6.45) is 9.23. The third-order valence-electron chi connectivity index (χ3n) is 5.05. The first-order valence-corrected chi connectivity index (χ1v) is 8.15. The summed E-state index contributed by atoms with van der Waals surface area (Å²) in [6, 6.07) is 0.